The normalized spacial score (nSPS) is 34.2. The zero-order valence-corrected chi connectivity index (χ0v) is 6.64. The Hall–Kier alpha value is -0.0800. The SMILES string of the molecule is CC[C@H]1CCN[C@@H](CO)C1. The van der Waals surface area contributed by atoms with E-state index in [0.29, 0.717) is 12.6 Å². The Balaban J connectivity index is 2.25. The molecule has 1 heterocycles. The fourth-order valence-electron chi connectivity index (χ4n) is 1.61. The fraction of sp³-hybridized carbons (Fsp3) is 1.00. The Morgan fingerprint density at radius 1 is 1.60 bits per heavy atom. The molecule has 2 atom stereocenters. The number of aliphatic hydroxyl groups excluding tert-OH is 1. The molecule has 1 aliphatic heterocycles. The Morgan fingerprint density at radius 3 is 3.00 bits per heavy atom. The van der Waals surface area contributed by atoms with Crippen LogP contribution in [-0.4, -0.2) is 24.3 Å². The molecule has 0 saturated carbocycles. The van der Waals surface area contributed by atoms with Gasteiger partial charge in [0, 0.05) is 6.04 Å². The molecule has 1 aliphatic rings. The van der Waals surface area contributed by atoms with Crippen LogP contribution in [0.15, 0.2) is 0 Å². The van der Waals surface area contributed by atoms with E-state index >= 15 is 0 Å². The van der Waals surface area contributed by atoms with Gasteiger partial charge in [-0.25, -0.2) is 0 Å². The quantitative estimate of drug-likeness (QED) is 0.598. The van der Waals surface area contributed by atoms with Crippen molar-refractivity contribution < 1.29 is 5.11 Å². The highest BCUT2D eigenvalue weighted by Crippen LogP contribution is 2.18. The standard InChI is InChI=1S/C8H17NO/c1-2-7-3-4-9-8(5-7)6-10/h7-10H,2-6H2,1H3/t7-,8+/m0/s1. The summed E-state index contributed by atoms with van der Waals surface area (Å²) >= 11 is 0. The fourth-order valence-corrected chi connectivity index (χ4v) is 1.61. The molecule has 0 bridgehead atoms. The average Bonchev–Trinajstić information content (AvgIpc) is 2.05. The summed E-state index contributed by atoms with van der Waals surface area (Å²) < 4.78 is 0. The summed E-state index contributed by atoms with van der Waals surface area (Å²) in [6, 6.07) is 0.374. The highest BCUT2D eigenvalue weighted by molar-refractivity contribution is 4.76. The second-order valence-electron chi connectivity index (χ2n) is 3.13. The van der Waals surface area contributed by atoms with Gasteiger partial charge >= 0.3 is 0 Å². The van der Waals surface area contributed by atoms with E-state index in [9.17, 15) is 0 Å². The lowest BCUT2D eigenvalue weighted by Gasteiger charge is -2.28. The van der Waals surface area contributed by atoms with Crippen LogP contribution in [0.2, 0.25) is 0 Å². The minimum absolute atomic E-state index is 0.302. The topological polar surface area (TPSA) is 32.3 Å². The molecule has 1 rings (SSSR count). The summed E-state index contributed by atoms with van der Waals surface area (Å²) in [7, 11) is 0. The Bertz CT molecular complexity index is 85.3. The molecule has 1 saturated heterocycles. The van der Waals surface area contributed by atoms with Crippen LogP contribution in [0.4, 0.5) is 0 Å². The van der Waals surface area contributed by atoms with Gasteiger partial charge in [-0.2, -0.15) is 0 Å². The molecule has 10 heavy (non-hydrogen) atoms. The molecule has 60 valence electrons. The number of nitrogens with one attached hydrogen (secondary N) is 1. The Labute approximate surface area is 62.6 Å². The van der Waals surface area contributed by atoms with E-state index in [-0.39, 0.29) is 0 Å². The highest BCUT2D eigenvalue weighted by atomic mass is 16.3. The summed E-state index contributed by atoms with van der Waals surface area (Å²) in [5.41, 5.74) is 0. The van der Waals surface area contributed by atoms with E-state index in [0.717, 1.165) is 18.9 Å². The molecule has 2 N–H and O–H groups in total. The monoisotopic (exact) mass is 143 g/mol. The van der Waals surface area contributed by atoms with Crippen molar-refractivity contribution in [1.82, 2.24) is 5.32 Å². The van der Waals surface area contributed by atoms with E-state index in [4.69, 9.17) is 5.11 Å². The van der Waals surface area contributed by atoms with Crippen LogP contribution in [0.25, 0.3) is 0 Å². The minimum atomic E-state index is 0.302. The van der Waals surface area contributed by atoms with Gasteiger partial charge in [0.1, 0.15) is 0 Å². The minimum Gasteiger partial charge on any atom is -0.395 e. The first-order valence-corrected chi connectivity index (χ1v) is 4.21. The molecular weight excluding hydrogens is 126 g/mol. The van der Waals surface area contributed by atoms with E-state index in [1.165, 1.54) is 12.8 Å². The predicted octanol–water partition coefficient (Wildman–Crippen LogP) is 0.757. The molecule has 0 amide bonds. The van der Waals surface area contributed by atoms with Crippen molar-refractivity contribution >= 4 is 0 Å². The number of piperidine rings is 1. The van der Waals surface area contributed by atoms with Gasteiger partial charge in [0.25, 0.3) is 0 Å². The van der Waals surface area contributed by atoms with Crippen molar-refractivity contribution in [1.29, 1.82) is 0 Å². The zero-order valence-electron chi connectivity index (χ0n) is 6.64. The van der Waals surface area contributed by atoms with E-state index in [1.54, 1.807) is 0 Å². The molecule has 0 unspecified atom stereocenters. The van der Waals surface area contributed by atoms with E-state index < -0.39 is 0 Å². The lowest BCUT2D eigenvalue weighted by molar-refractivity contribution is 0.190. The second-order valence-corrected chi connectivity index (χ2v) is 3.13. The first-order valence-electron chi connectivity index (χ1n) is 4.21. The number of hydrogen-bond acceptors (Lipinski definition) is 2. The summed E-state index contributed by atoms with van der Waals surface area (Å²) in [6.45, 7) is 3.62. The summed E-state index contributed by atoms with van der Waals surface area (Å²) in [6.07, 6.45) is 3.71. The van der Waals surface area contributed by atoms with Crippen molar-refractivity contribution in [2.75, 3.05) is 13.2 Å². The van der Waals surface area contributed by atoms with Gasteiger partial charge in [0.05, 0.1) is 6.61 Å². The molecule has 0 aromatic rings. The third kappa shape index (κ3) is 1.96. The van der Waals surface area contributed by atoms with E-state index in [1.807, 2.05) is 0 Å². The van der Waals surface area contributed by atoms with Crippen LogP contribution in [0.3, 0.4) is 0 Å². The lowest BCUT2D eigenvalue weighted by atomic mass is 9.91. The van der Waals surface area contributed by atoms with Crippen LogP contribution in [0.5, 0.6) is 0 Å². The van der Waals surface area contributed by atoms with Crippen LogP contribution in [0.1, 0.15) is 26.2 Å². The lowest BCUT2D eigenvalue weighted by Crippen LogP contribution is -2.40. The first kappa shape index (κ1) is 8.02. The Morgan fingerprint density at radius 2 is 2.40 bits per heavy atom. The van der Waals surface area contributed by atoms with Gasteiger partial charge in [-0.3, -0.25) is 0 Å². The molecule has 0 aliphatic carbocycles. The maximum absolute atomic E-state index is 8.84. The maximum Gasteiger partial charge on any atom is 0.0584 e. The summed E-state index contributed by atoms with van der Waals surface area (Å²) in [5, 5.41) is 12.1. The van der Waals surface area contributed by atoms with Gasteiger partial charge in [0.15, 0.2) is 0 Å². The molecule has 1 fully saturated rings. The van der Waals surface area contributed by atoms with Gasteiger partial charge in [-0.15, -0.1) is 0 Å². The molecule has 2 nitrogen and oxygen atoms in total. The van der Waals surface area contributed by atoms with Gasteiger partial charge in [-0.05, 0) is 25.3 Å². The van der Waals surface area contributed by atoms with Crippen molar-refractivity contribution in [3.05, 3.63) is 0 Å². The Kier molecular flexibility index (Phi) is 3.16. The summed E-state index contributed by atoms with van der Waals surface area (Å²) in [5.74, 6) is 0.846. The number of hydrogen-bond donors (Lipinski definition) is 2. The van der Waals surface area contributed by atoms with Crippen LogP contribution in [-0.2, 0) is 0 Å². The van der Waals surface area contributed by atoms with Crippen LogP contribution in [0, 0.1) is 5.92 Å². The predicted molar refractivity (Wildman–Crippen MR) is 41.9 cm³/mol. The van der Waals surface area contributed by atoms with Gasteiger partial charge in [-0.1, -0.05) is 13.3 Å². The van der Waals surface area contributed by atoms with Gasteiger partial charge in [0.2, 0.25) is 0 Å². The molecule has 0 aromatic heterocycles. The highest BCUT2D eigenvalue weighted by Gasteiger charge is 2.18. The van der Waals surface area contributed by atoms with Crippen molar-refractivity contribution in [2.45, 2.75) is 32.2 Å². The molecule has 0 spiro atoms. The third-order valence-electron chi connectivity index (χ3n) is 2.40. The van der Waals surface area contributed by atoms with Crippen LogP contribution < -0.4 is 5.32 Å². The van der Waals surface area contributed by atoms with Crippen molar-refractivity contribution in [3.63, 3.8) is 0 Å². The van der Waals surface area contributed by atoms with Crippen LogP contribution >= 0.6 is 0 Å². The third-order valence-corrected chi connectivity index (χ3v) is 2.40. The second kappa shape index (κ2) is 3.94. The zero-order chi connectivity index (χ0) is 7.40. The first-order chi connectivity index (χ1) is 4.86. The van der Waals surface area contributed by atoms with Crippen molar-refractivity contribution in [3.8, 4) is 0 Å². The molecule has 0 radical (unpaired) electrons. The smallest absolute Gasteiger partial charge is 0.0584 e. The van der Waals surface area contributed by atoms with Gasteiger partial charge < -0.3 is 10.4 Å². The molecule has 0 aromatic carbocycles. The molecular formula is C8H17NO. The number of rotatable bonds is 2. The molecule has 2 heteroatoms. The van der Waals surface area contributed by atoms with E-state index in [2.05, 4.69) is 12.2 Å². The summed E-state index contributed by atoms with van der Waals surface area (Å²) in [4.78, 5) is 0. The number of aliphatic hydroxyl groups is 1. The van der Waals surface area contributed by atoms with Crippen molar-refractivity contribution in [2.24, 2.45) is 5.92 Å². The largest absolute Gasteiger partial charge is 0.395 e. The average molecular weight is 143 g/mol. The maximum atomic E-state index is 8.84.